The van der Waals surface area contributed by atoms with Crippen molar-refractivity contribution < 1.29 is 10.0 Å². The number of carbonyl (C=O) groups is 1. The number of nitrogens with two attached hydrogens (primary N) is 1. The molecule has 58 valence electrons. The molecule has 0 saturated carbocycles. The number of primary amides is 1. The number of rotatable bonds is 1. The Kier molecular flexibility index (Phi) is 2.39. The van der Waals surface area contributed by atoms with Crippen LogP contribution in [0.3, 0.4) is 0 Å². The van der Waals surface area contributed by atoms with E-state index in [2.05, 4.69) is 4.53 Å². The molecule has 0 bridgehead atoms. The van der Waals surface area contributed by atoms with Crippen LogP contribution in [0.2, 0.25) is 0 Å². The molecule has 0 aliphatic carbocycles. The fourth-order valence-corrected chi connectivity index (χ4v) is 2.64. The first kappa shape index (κ1) is 7.68. The maximum atomic E-state index is 10.6. The quantitative estimate of drug-likeness (QED) is 0.518. The van der Waals surface area contributed by atoms with E-state index in [1.54, 1.807) is 0 Å². The van der Waals surface area contributed by atoms with Gasteiger partial charge in [0.2, 0.25) is 5.91 Å². The highest BCUT2D eigenvalue weighted by Gasteiger charge is 2.24. The molecule has 0 radical (unpaired) electrons. The van der Waals surface area contributed by atoms with Crippen molar-refractivity contribution in [2.45, 2.75) is 6.42 Å². The third-order valence-corrected chi connectivity index (χ3v) is 3.34. The molecule has 1 heterocycles. The number of nitrogens with zero attached hydrogens (tertiary/aromatic N) is 1. The zero-order valence-electron chi connectivity index (χ0n) is 5.49. The van der Waals surface area contributed by atoms with Crippen molar-refractivity contribution in [3.05, 3.63) is 0 Å². The van der Waals surface area contributed by atoms with Gasteiger partial charge in [-0.05, 0) is 6.42 Å². The molecule has 1 aliphatic rings. The summed E-state index contributed by atoms with van der Waals surface area (Å²) in [5.74, 6) is 1.13. The number of hydrogen-bond donors (Lipinski definition) is 2. The molecule has 0 aromatic carbocycles. The van der Waals surface area contributed by atoms with Gasteiger partial charge in [0.25, 0.3) is 0 Å². The zero-order valence-corrected chi connectivity index (χ0v) is 6.30. The van der Waals surface area contributed by atoms with Crippen molar-refractivity contribution in [1.82, 2.24) is 0 Å². The maximum absolute atomic E-state index is 10.6. The van der Waals surface area contributed by atoms with Crippen LogP contribution in [0.25, 0.3) is 0 Å². The van der Waals surface area contributed by atoms with Gasteiger partial charge in [-0.15, -0.1) is 4.53 Å². The van der Waals surface area contributed by atoms with Crippen LogP contribution in [0, 0.1) is 5.92 Å². The van der Waals surface area contributed by atoms with E-state index in [9.17, 15) is 4.79 Å². The Morgan fingerprint density at radius 2 is 2.50 bits per heavy atom. The van der Waals surface area contributed by atoms with Crippen LogP contribution in [0.5, 0.6) is 0 Å². The van der Waals surface area contributed by atoms with Gasteiger partial charge in [-0.3, -0.25) is 10.0 Å². The van der Waals surface area contributed by atoms with Crippen LogP contribution in [-0.4, -0.2) is 22.6 Å². The van der Waals surface area contributed by atoms with E-state index < -0.39 is 0 Å². The van der Waals surface area contributed by atoms with Crippen LogP contribution in [-0.2, 0) is 15.5 Å². The van der Waals surface area contributed by atoms with E-state index in [1.807, 2.05) is 0 Å². The molecule has 1 aliphatic heterocycles. The summed E-state index contributed by atoms with van der Waals surface area (Å²) < 4.78 is 3.14. The van der Waals surface area contributed by atoms with Gasteiger partial charge in [-0.25, -0.2) is 0 Å². The molecule has 2 atom stereocenters. The molecule has 2 unspecified atom stereocenters. The summed E-state index contributed by atoms with van der Waals surface area (Å²) in [6.45, 7) is 0. The molecule has 4 nitrogen and oxygen atoms in total. The predicted molar refractivity (Wildman–Crippen MR) is 38.6 cm³/mol. The standard InChI is InChI=1S/C5H10N2O2S/c6-5(8)4-1-2-10(3-4)7-9/h4,9H,1-3H2,(H2,6,8). The Morgan fingerprint density at radius 1 is 1.80 bits per heavy atom. The second-order valence-electron chi connectivity index (χ2n) is 2.30. The summed E-state index contributed by atoms with van der Waals surface area (Å²) in [5, 5.41) is 8.35. The Hall–Kier alpha value is -0.420. The molecule has 10 heavy (non-hydrogen) atoms. The molecule has 5 heteroatoms. The number of carbonyl (C=O) groups excluding carboxylic acids is 1. The number of amides is 1. The predicted octanol–water partition coefficient (Wildman–Crippen LogP) is -0.317. The van der Waals surface area contributed by atoms with Gasteiger partial charge in [-0.2, -0.15) is 0 Å². The van der Waals surface area contributed by atoms with Crippen molar-refractivity contribution in [2.75, 3.05) is 11.5 Å². The lowest BCUT2D eigenvalue weighted by atomic mass is 10.1. The van der Waals surface area contributed by atoms with Crippen LogP contribution in [0.1, 0.15) is 6.42 Å². The molecule has 0 aromatic rings. The SMILES string of the molecule is NC(=O)C1CCS(=NO)C1. The minimum Gasteiger partial charge on any atom is -0.369 e. The van der Waals surface area contributed by atoms with Crippen LogP contribution >= 0.6 is 0 Å². The summed E-state index contributed by atoms with van der Waals surface area (Å²) >= 11 is 0. The first-order valence-corrected chi connectivity index (χ1v) is 4.58. The van der Waals surface area contributed by atoms with Gasteiger partial charge in [0.05, 0.1) is 0 Å². The van der Waals surface area contributed by atoms with E-state index in [0.29, 0.717) is 5.75 Å². The van der Waals surface area contributed by atoms with Gasteiger partial charge in [0.1, 0.15) is 0 Å². The first-order chi connectivity index (χ1) is 4.74. The van der Waals surface area contributed by atoms with Crippen LogP contribution in [0.4, 0.5) is 0 Å². The molecule has 1 rings (SSSR count). The third-order valence-electron chi connectivity index (χ3n) is 1.61. The van der Waals surface area contributed by atoms with Gasteiger partial charge >= 0.3 is 0 Å². The van der Waals surface area contributed by atoms with Gasteiger partial charge in [0, 0.05) is 17.4 Å². The van der Waals surface area contributed by atoms with E-state index in [1.165, 1.54) is 0 Å². The summed E-state index contributed by atoms with van der Waals surface area (Å²) in [6.07, 6.45) is 0.780. The molecule has 1 fully saturated rings. The summed E-state index contributed by atoms with van der Waals surface area (Å²) in [7, 11) is -0.305. The summed E-state index contributed by atoms with van der Waals surface area (Å²) in [4.78, 5) is 10.6. The number of hydrogen-bond acceptors (Lipinski definition) is 2. The Labute approximate surface area is 61.5 Å². The highest BCUT2D eigenvalue weighted by atomic mass is 32.2. The van der Waals surface area contributed by atoms with E-state index in [0.717, 1.165) is 12.2 Å². The molecule has 0 aromatic heterocycles. The summed E-state index contributed by atoms with van der Waals surface area (Å²) in [6, 6.07) is 0. The molecule has 0 spiro atoms. The van der Waals surface area contributed by atoms with Crippen molar-refractivity contribution in [1.29, 1.82) is 0 Å². The van der Waals surface area contributed by atoms with Gasteiger partial charge in [-0.1, -0.05) is 10.7 Å². The topological polar surface area (TPSA) is 75.7 Å². The van der Waals surface area contributed by atoms with Gasteiger partial charge < -0.3 is 5.73 Å². The third kappa shape index (κ3) is 1.54. The van der Waals surface area contributed by atoms with Crippen LogP contribution < -0.4 is 5.73 Å². The Morgan fingerprint density at radius 3 is 2.80 bits per heavy atom. The highest BCUT2D eigenvalue weighted by Crippen LogP contribution is 2.15. The van der Waals surface area contributed by atoms with Crippen molar-refractivity contribution >= 4 is 16.6 Å². The molecule has 1 saturated heterocycles. The molecular formula is C5H10N2O2S. The summed E-state index contributed by atoms with van der Waals surface area (Å²) in [5.41, 5.74) is 5.06. The van der Waals surface area contributed by atoms with Crippen molar-refractivity contribution in [2.24, 2.45) is 16.2 Å². The highest BCUT2D eigenvalue weighted by molar-refractivity contribution is 7.87. The zero-order chi connectivity index (χ0) is 7.56. The smallest absolute Gasteiger partial charge is 0.221 e. The second-order valence-corrected chi connectivity index (χ2v) is 4.13. The van der Waals surface area contributed by atoms with E-state index >= 15 is 0 Å². The van der Waals surface area contributed by atoms with E-state index in [4.69, 9.17) is 10.9 Å². The second kappa shape index (κ2) is 3.12. The van der Waals surface area contributed by atoms with Crippen molar-refractivity contribution in [3.8, 4) is 0 Å². The van der Waals surface area contributed by atoms with Crippen molar-refractivity contribution in [3.63, 3.8) is 0 Å². The fraction of sp³-hybridized carbons (Fsp3) is 0.800. The fourth-order valence-electron chi connectivity index (χ4n) is 0.976. The normalized spacial score (nSPS) is 32.9. The van der Waals surface area contributed by atoms with Gasteiger partial charge in [0.15, 0.2) is 0 Å². The average Bonchev–Trinajstić information content (AvgIpc) is 2.34. The maximum Gasteiger partial charge on any atom is 0.221 e. The Bertz CT molecular complexity index is 180. The minimum atomic E-state index is -0.305. The van der Waals surface area contributed by atoms with E-state index in [-0.39, 0.29) is 22.5 Å². The first-order valence-electron chi connectivity index (χ1n) is 3.06. The minimum absolute atomic E-state index is 0.0563. The Balaban J connectivity index is 2.51. The lowest BCUT2D eigenvalue weighted by Gasteiger charge is -1.98. The average molecular weight is 162 g/mol. The van der Waals surface area contributed by atoms with Crippen LogP contribution in [0.15, 0.2) is 4.53 Å². The molecule has 3 N–H and O–H groups in total. The lowest BCUT2D eigenvalue weighted by molar-refractivity contribution is -0.121. The molecular weight excluding hydrogens is 152 g/mol. The lowest BCUT2D eigenvalue weighted by Crippen LogP contribution is -2.23. The largest absolute Gasteiger partial charge is 0.369 e. The monoisotopic (exact) mass is 162 g/mol. The molecule has 1 amide bonds.